The van der Waals surface area contributed by atoms with Crippen LogP contribution in [0.5, 0.6) is 5.75 Å². The van der Waals surface area contributed by atoms with E-state index in [2.05, 4.69) is 43.9 Å². The summed E-state index contributed by atoms with van der Waals surface area (Å²) in [6.45, 7) is 9.82. The number of aryl methyl sites for hydroxylation is 1. The van der Waals surface area contributed by atoms with Gasteiger partial charge in [0.05, 0.1) is 7.11 Å². The molecule has 1 aromatic carbocycles. The summed E-state index contributed by atoms with van der Waals surface area (Å²) in [5.41, 5.74) is 9.06. The lowest BCUT2D eigenvalue weighted by atomic mass is 9.85. The maximum atomic E-state index is 6.10. The molecule has 0 amide bonds. The normalized spacial score (nSPS) is 20.8. The van der Waals surface area contributed by atoms with E-state index in [9.17, 15) is 0 Å². The molecule has 1 fully saturated rings. The number of rotatable bonds is 4. The van der Waals surface area contributed by atoms with Gasteiger partial charge in [-0.1, -0.05) is 26.0 Å². The van der Waals surface area contributed by atoms with Crippen LogP contribution < -0.4 is 10.5 Å². The summed E-state index contributed by atoms with van der Waals surface area (Å²) in [6.07, 6.45) is 3.82. The number of methoxy groups -OCH3 is 1. The highest BCUT2D eigenvalue weighted by Gasteiger charge is 2.27. The van der Waals surface area contributed by atoms with Gasteiger partial charge in [-0.25, -0.2) is 0 Å². The molecule has 1 aliphatic heterocycles. The molecule has 0 radical (unpaired) electrons. The van der Waals surface area contributed by atoms with Gasteiger partial charge >= 0.3 is 0 Å². The quantitative estimate of drug-likeness (QED) is 0.922. The predicted molar refractivity (Wildman–Crippen MR) is 88.7 cm³/mol. The smallest absolute Gasteiger partial charge is 0.121 e. The maximum Gasteiger partial charge on any atom is 0.121 e. The molecule has 0 aliphatic carbocycles. The molecule has 118 valence electrons. The molecule has 1 atom stereocenters. The van der Waals surface area contributed by atoms with Gasteiger partial charge < -0.3 is 10.5 Å². The summed E-state index contributed by atoms with van der Waals surface area (Å²) >= 11 is 0. The van der Waals surface area contributed by atoms with Crippen molar-refractivity contribution in [2.45, 2.75) is 46.1 Å². The van der Waals surface area contributed by atoms with Crippen molar-refractivity contribution in [3.8, 4) is 5.75 Å². The van der Waals surface area contributed by atoms with Gasteiger partial charge in [-0.15, -0.1) is 0 Å². The fourth-order valence-electron chi connectivity index (χ4n) is 3.36. The first-order valence-corrected chi connectivity index (χ1v) is 8.05. The van der Waals surface area contributed by atoms with Crippen molar-refractivity contribution < 1.29 is 4.74 Å². The first-order chi connectivity index (χ1) is 9.96. The zero-order valence-corrected chi connectivity index (χ0v) is 14.0. The Morgan fingerprint density at radius 2 is 2.05 bits per heavy atom. The molecule has 1 aromatic rings. The minimum absolute atomic E-state index is 0.323. The number of nitrogens with two attached hydrogens (primary N) is 1. The lowest BCUT2D eigenvalue weighted by Gasteiger charge is -2.31. The molecule has 2 N–H and O–H groups in total. The summed E-state index contributed by atoms with van der Waals surface area (Å²) in [7, 11) is 1.72. The minimum Gasteiger partial charge on any atom is -0.496 e. The van der Waals surface area contributed by atoms with Crippen molar-refractivity contribution in [3.63, 3.8) is 0 Å². The van der Waals surface area contributed by atoms with Crippen LogP contribution in [0.4, 0.5) is 0 Å². The van der Waals surface area contributed by atoms with E-state index in [0.29, 0.717) is 18.0 Å². The van der Waals surface area contributed by atoms with Crippen molar-refractivity contribution in [1.82, 2.24) is 4.90 Å². The van der Waals surface area contributed by atoms with Gasteiger partial charge in [0.25, 0.3) is 0 Å². The van der Waals surface area contributed by atoms with Gasteiger partial charge in [-0.2, -0.15) is 0 Å². The number of hydrogen-bond donors (Lipinski definition) is 1. The van der Waals surface area contributed by atoms with Gasteiger partial charge in [0.15, 0.2) is 0 Å². The largest absolute Gasteiger partial charge is 0.496 e. The van der Waals surface area contributed by atoms with E-state index in [1.54, 1.807) is 7.11 Å². The summed E-state index contributed by atoms with van der Waals surface area (Å²) in [5.74, 6) is 0.950. The Kier molecular flexibility index (Phi) is 5.28. The highest BCUT2D eigenvalue weighted by Crippen LogP contribution is 2.33. The molecular weight excluding hydrogens is 260 g/mol. The zero-order chi connectivity index (χ0) is 15.5. The molecule has 1 aliphatic rings. The van der Waals surface area contributed by atoms with Gasteiger partial charge in [0, 0.05) is 12.6 Å². The van der Waals surface area contributed by atoms with Gasteiger partial charge in [-0.3, -0.25) is 4.90 Å². The molecule has 0 bridgehead atoms. The van der Waals surface area contributed by atoms with Crippen LogP contribution in [-0.2, 0) is 0 Å². The van der Waals surface area contributed by atoms with Crippen LogP contribution in [0.2, 0.25) is 0 Å². The fraction of sp³-hybridized carbons (Fsp3) is 0.667. The van der Waals surface area contributed by atoms with Crippen LogP contribution in [0, 0.1) is 12.3 Å². The second kappa shape index (κ2) is 6.80. The molecule has 2 rings (SSSR count). The van der Waals surface area contributed by atoms with Crippen LogP contribution >= 0.6 is 0 Å². The van der Waals surface area contributed by atoms with Gasteiger partial charge in [0.2, 0.25) is 0 Å². The van der Waals surface area contributed by atoms with Crippen LogP contribution in [0.25, 0.3) is 0 Å². The third-order valence-corrected chi connectivity index (χ3v) is 4.84. The summed E-state index contributed by atoms with van der Waals surface area (Å²) in [4.78, 5) is 2.57. The molecule has 3 heteroatoms. The predicted octanol–water partition coefficient (Wildman–Crippen LogP) is 3.52. The average molecular weight is 290 g/mol. The Morgan fingerprint density at radius 1 is 1.29 bits per heavy atom. The number of likely N-dealkylation sites (tertiary alicyclic amines) is 1. The molecule has 1 heterocycles. The molecule has 0 aromatic heterocycles. The molecule has 3 nitrogen and oxygen atoms in total. The Labute approximate surface area is 129 Å². The SMILES string of the molecule is COc1ccc(C(CN)N2CCCC(C)(C)CC2)cc1C. The van der Waals surface area contributed by atoms with Crippen LogP contribution in [-0.4, -0.2) is 31.6 Å². The number of benzene rings is 1. The van der Waals surface area contributed by atoms with Crippen LogP contribution in [0.1, 0.15) is 50.3 Å². The Hall–Kier alpha value is -1.06. The van der Waals surface area contributed by atoms with Crippen molar-refractivity contribution in [1.29, 1.82) is 0 Å². The molecule has 1 unspecified atom stereocenters. The summed E-state index contributed by atoms with van der Waals surface area (Å²) < 4.78 is 5.36. The van der Waals surface area contributed by atoms with Crippen molar-refractivity contribution in [2.75, 3.05) is 26.7 Å². The third-order valence-electron chi connectivity index (χ3n) is 4.84. The zero-order valence-electron chi connectivity index (χ0n) is 14.0. The van der Waals surface area contributed by atoms with Crippen molar-refractivity contribution in [2.24, 2.45) is 11.1 Å². The van der Waals surface area contributed by atoms with E-state index in [-0.39, 0.29) is 0 Å². The molecule has 0 saturated carbocycles. The lowest BCUT2D eigenvalue weighted by Crippen LogP contribution is -2.35. The van der Waals surface area contributed by atoms with Crippen molar-refractivity contribution >= 4 is 0 Å². The standard InChI is InChI=1S/C18H30N2O/c1-14-12-15(6-7-17(14)21-4)16(13-19)20-10-5-8-18(2,3)9-11-20/h6-7,12,16H,5,8-11,13,19H2,1-4H3. The molecule has 21 heavy (non-hydrogen) atoms. The molecule has 0 spiro atoms. The van der Waals surface area contributed by atoms with E-state index in [1.807, 2.05) is 0 Å². The second-order valence-electron chi connectivity index (χ2n) is 7.03. The summed E-state index contributed by atoms with van der Waals surface area (Å²) in [6, 6.07) is 6.78. The Bertz CT molecular complexity index is 470. The monoisotopic (exact) mass is 290 g/mol. The maximum absolute atomic E-state index is 6.10. The number of hydrogen-bond acceptors (Lipinski definition) is 3. The average Bonchev–Trinajstić information content (AvgIpc) is 2.61. The highest BCUT2D eigenvalue weighted by molar-refractivity contribution is 5.37. The number of nitrogens with zero attached hydrogens (tertiary/aromatic N) is 1. The van der Waals surface area contributed by atoms with Crippen LogP contribution in [0.15, 0.2) is 18.2 Å². The van der Waals surface area contributed by atoms with Gasteiger partial charge in [-0.05, 0) is 61.9 Å². The Balaban J connectivity index is 2.17. The fourth-order valence-corrected chi connectivity index (χ4v) is 3.36. The lowest BCUT2D eigenvalue weighted by molar-refractivity contribution is 0.200. The topological polar surface area (TPSA) is 38.5 Å². The highest BCUT2D eigenvalue weighted by atomic mass is 16.5. The van der Waals surface area contributed by atoms with Gasteiger partial charge in [0.1, 0.15) is 5.75 Å². The van der Waals surface area contributed by atoms with E-state index < -0.39 is 0 Å². The second-order valence-corrected chi connectivity index (χ2v) is 7.03. The third kappa shape index (κ3) is 3.98. The number of ether oxygens (including phenoxy) is 1. The first kappa shape index (κ1) is 16.3. The first-order valence-electron chi connectivity index (χ1n) is 8.05. The van der Waals surface area contributed by atoms with Crippen LogP contribution in [0.3, 0.4) is 0 Å². The van der Waals surface area contributed by atoms with E-state index in [4.69, 9.17) is 10.5 Å². The Morgan fingerprint density at radius 3 is 2.67 bits per heavy atom. The summed E-state index contributed by atoms with van der Waals surface area (Å²) in [5, 5.41) is 0. The molecule has 1 saturated heterocycles. The van der Waals surface area contributed by atoms with E-state index in [1.165, 1.54) is 30.4 Å². The van der Waals surface area contributed by atoms with E-state index >= 15 is 0 Å². The van der Waals surface area contributed by atoms with E-state index in [0.717, 1.165) is 18.8 Å². The minimum atomic E-state index is 0.323. The van der Waals surface area contributed by atoms with Crippen molar-refractivity contribution in [3.05, 3.63) is 29.3 Å². The molecular formula is C18H30N2O.